The second-order valence-corrected chi connectivity index (χ2v) is 10.9. The van der Waals surface area contributed by atoms with E-state index in [0.29, 0.717) is 17.2 Å². The molecule has 4 aromatic rings. The van der Waals surface area contributed by atoms with Gasteiger partial charge in [0.15, 0.2) is 11.5 Å². The number of aromatic amines is 2. The number of tetrazole rings is 1. The lowest BCUT2D eigenvalue weighted by atomic mass is 9.88. The predicted molar refractivity (Wildman–Crippen MR) is 142 cm³/mol. The van der Waals surface area contributed by atoms with E-state index in [1.54, 1.807) is 0 Å². The topological polar surface area (TPSA) is 118 Å². The maximum absolute atomic E-state index is 11.6. The van der Waals surface area contributed by atoms with Crippen molar-refractivity contribution in [1.29, 1.82) is 0 Å². The number of ether oxygens (including phenoxy) is 1. The summed E-state index contributed by atoms with van der Waals surface area (Å²) in [6.45, 7) is 5.62. The zero-order valence-electron chi connectivity index (χ0n) is 21.5. The number of hydrogen-bond donors (Lipinski definition) is 2. The molecule has 2 fully saturated rings. The normalized spacial score (nSPS) is 19.1. The summed E-state index contributed by atoms with van der Waals surface area (Å²) in [7, 11) is 0. The fourth-order valence-electron chi connectivity index (χ4n) is 6.04. The number of nitrogens with zero attached hydrogens (tertiary/aromatic N) is 6. The van der Waals surface area contributed by atoms with E-state index in [9.17, 15) is 4.79 Å². The molecule has 37 heavy (non-hydrogen) atoms. The quantitative estimate of drug-likeness (QED) is 0.372. The Morgan fingerprint density at radius 2 is 1.92 bits per heavy atom. The SMILES string of the molecule is CC(CCc1nnnn1C1CCN(CC2CCCCC2)CC1)Oc1ccc2nc3[nH]c(=O)[nH]c3cc2c1. The number of aryl methyl sites for hydroxylation is 1. The van der Waals surface area contributed by atoms with Crippen LogP contribution in [-0.2, 0) is 6.42 Å². The highest BCUT2D eigenvalue weighted by molar-refractivity contribution is 5.89. The van der Waals surface area contributed by atoms with E-state index in [1.807, 2.05) is 24.3 Å². The van der Waals surface area contributed by atoms with Crippen LogP contribution in [0.15, 0.2) is 29.1 Å². The monoisotopic (exact) mass is 504 g/mol. The van der Waals surface area contributed by atoms with Crippen LogP contribution < -0.4 is 10.4 Å². The summed E-state index contributed by atoms with van der Waals surface area (Å²) in [5.41, 5.74) is 1.81. The Bertz CT molecular complexity index is 1390. The molecule has 0 spiro atoms. The van der Waals surface area contributed by atoms with Crippen molar-refractivity contribution in [3.63, 3.8) is 0 Å². The van der Waals surface area contributed by atoms with Gasteiger partial charge < -0.3 is 14.6 Å². The molecule has 0 bridgehead atoms. The van der Waals surface area contributed by atoms with E-state index in [1.165, 1.54) is 38.6 Å². The van der Waals surface area contributed by atoms with Crippen molar-refractivity contribution in [2.75, 3.05) is 19.6 Å². The highest BCUT2D eigenvalue weighted by atomic mass is 16.5. The molecule has 1 unspecified atom stereocenters. The van der Waals surface area contributed by atoms with Gasteiger partial charge in [-0.05, 0) is 79.6 Å². The van der Waals surface area contributed by atoms with E-state index in [4.69, 9.17) is 4.74 Å². The van der Waals surface area contributed by atoms with Crippen molar-refractivity contribution in [3.8, 4) is 5.75 Å². The Balaban J connectivity index is 1.02. The van der Waals surface area contributed by atoms with Crippen LogP contribution in [0.2, 0.25) is 0 Å². The number of imidazole rings is 1. The smallest absolute Gasteiger partial charge is 0.325 e. The molecule has 1 saturated carbocycles. The standard InChI is InChI=1S/C27H36N8O2/c1-18(37-22-8-9-23-20(15-22)16-24-26(28-23)30-27(36)29-24)7-10-25-31-32-33-35(25)21-11-13-34(14-12-21)17-19-5-3-2-4-6-19/h8-9,15-16,18-19,21H,2-7,10-14,17H2,1H3,(H2,28,29,30,36). The van der Waals surface area contributed by atoms with Gasteiger partial charge in [-0.2, -0.15) is 0 Å². The molecule has 10 nitrogen and oxygen atoms in total. The number of piperidine rings is 1. The van der Waals surface area contributed by atoms with Crippen LogP contribution in [0, 0.1) is 5.92 Å². The van der Waals surface area contributed by atoms with Crippen LogP contribution in [-0.4, -0.2) is 65.8 Å². The van der Waals surface area contributed by atoms with Gasteiger partial charge in [0.25, 0.3) is 0 Å². The van der Waals surface area contributed by atoms with Gasteiger partial charge in [0.1, 0.15) is 5.75 Å². The number of aromatic nitrogens is 7. The van der Waals surface area contributed by atoms with Crippen LogP contribution in [0.5, 0.6) is 5.75 Å². The zero-order valence-corrected chi connectivity index (χ0v) is 21.5. The first-order chi connectivity index (χ1) is 18.1. The van der Waals surface area contributed by atoms with Crippen LogP contribution in [0.4, 0.5) is 0 Å². The third-order valence-electron chi connectivity index (χ3n) is 8.08. The first-order valence-corrected chi connectivity index (χ1v) is 13.8. The highest BCUT2D eigenvalue weighted by Gasteiger charge is 2.26. The second-order valence-electron chi connectivity index (χ2n) is 10.9. The zero-order chi connectivity index (χ0) is 25.2. The van der Waals surface area contributed by atoms with Gasteiger partial charge in [0.2, 0.25) is 0 Å². The average molecular weight is 505 g/mol. The van der Waals surface area contributed by atoms with E-state index >= 15 is 0 Å². The molecule has 1 aromatic carbocycles. The predicted octanol–water partition coefficient (Wildman–Crippen LogP) is 4.01. The summed E-state index contributed by atoms with van der Waals surface area (Å²) in [4.78, 5) is 24.2. The maximum Gasteiger partial charge on any atom is 0.325 e. The van der Waals surface area contributed by atoms with Gasteiger partial charge in [-0.1, -0.05) is 19.3 Å². The number of rotatable bonds is 8. The van der Waals surface area contributed by atoms with Crippen LogP contribution in [0.1, 0.15) is 70.2 Å². The van der Waals surface area contributed by atoms with E-state index < -0.39 is 0 Å². The Labute approximate surface area is 215 Å². The van der Waals surface area contributed by atoms with Crippen molar-refractivity contribution in [2.24, 2.45) is 5.92 Å². The second kappa shape index (κ2) is 10.6. The van der Waals surface area contributed by atoms with Crippen molar-refractivity contribution in [1.82, 2.24) is 40.1 Å². The summed E-state index contributed by atoms with van der Waals surface area (Å²) >= 11 is 0. The van der Waals surface area contributed by atoms with Crippen molar-refractivity contribution < 1.29 is 4.74 Å². The molecule has 1 aliphatic carbocycles. The Kier molecular flexibility index (Phi) is 6.91. The Morgan fingerprint density at radius 1 is 1.08 bits per heavy atom. The minimum Gasteiger partial charge on any atom is -0.491 e. The molecule has 6 rings (SSSR count). The highest BCUT2D eigenvalue weighted by Crippen LogP contribution is 2.28. The number of pyridine rings is 1. The van der Waals surface area contributed by atoms with Gasteiger partial charge in [-0.15, -0.1) is 5.10 Å². The fourth-order valence-corrected chi connectivity index (χ4v) is 6.04. The molecule has 1 saturated heterocycles. The van der Waals surface area contributed by atoms with E-state index in [2.05, 4.69) is 47.0 Å². The van der Waals surface area contributed by atoms with E-state index in [-0.39, 0.29) is 11.8 Å². The maximum atomic E-state index is 11.6. The number of H-pyrrole nitrogens is 2. The summed E-state index contributed by atoms with van der Waals surface area (Å²) in [6, 6.07) is 8.11. The van der Waals surface area contributed by atoms with E-state index in [0.717, 1.165) is 67.2 Å². The minimum atomic E-state index is -0.254. The molecule has 0 amide bonds. The Morgan fingerprint density at radius 3 is 2.76 bits per heavy atom. The third kappa shape index (κ3) is 5.53. The molecule has 4 heterocycles. The number of nitrogens with one attached hydrogen (secondary N) is 2. The lowest BCUT2D eigenvalue weighted by molar-refractivity contribution is 0.141. The number of benzene rings is 1. The van der Waals surface area contributed by atoms with Gasteiger partial charge in [0, 0.05) is 31.4 Å². The molecule has 10 heteroatoms. The van der Waals surface area contributed by atoms with Crippen molar-refractivity contribution >= 4 is 22.1 Å². The van der Waals surface area contributed by atoms with Crippen molar-refractivity contribution in [2.45, 2.75) is 76.9 Å². The number of hydrogen-bond acceptors (Lipinski definition) is 7. The minimum absolute atomic E-state index is 0.00342. The molecule has 1 atom stereocenters. The van der Waals surface area contributed by atoms with Gasteiger partial charge >= 0.3 is 5.69 Å². The third-order valence-corrected chi connectivity index (χ3v) is 8.08. The largest absolute Gasteiger partial charge is 0.491 e. The molecular formula is C27H36N8O2. The summed E-state index contributed by atoms with van der Waals surface area (Å²) in [5, 5.41) is 13.6. The first kappa shape index (κ1) is 24.1. The fraction of sp³-hybridized carbons (Fsp3) is 0.593. The average Bonchev–Trinajstić information content (AvgIpc) is 3.52. The number of fused-ring (bicyclic) bond motifs is 2. The molecule has 3 aromatic heterocycles. The van der Waals surface area contributed by atoms with Gasteiger partial charge in [0.05, 0.1) is 23.2 Å². The van der Waals surface area contributed by atoms with Gasteiger partial charge in [-0.3, -0.25) is 4.98 Å². The van der Waals surface area contributed by atoms with Gasteiger partial charge in [-0.25, -0.2) is 14.5 Å². The summed E-state index contributed by atoms with van der Waals surface area (Å²) in [6.07, 6.45) is 10.9. The summed E-state index contributed by atoms with van der Waals surface area (Å²) < 4.78 is 8.28. The lowest BCUT2D eigenvalue weighted by Crippen LogP contribution is -2.38. The lowest BCUT2D eigenvalue weighted by Gasteiger charge is -2.35. The van der Waals surface area contributed by atoms with Crippen molar-refractivity contribution in [3.05, 3.63) is 40.6 Å². The van der Waals surface area contributed by atoms with Crippen LogP contribution in [0.25, 0.3) is 22.1 Å². The molecule has 196 valence electrons. The summed E-state index contributed by atoms with van der Waals surface area (Å²) in [5.74, 6) is 2.62. The molecular weight excluding hydrogens is 468 g/mol. The Hall–Kier alpha value is -3.27. The molecule has 2 N–H and O–H groups in total. The van der Waals surface area contributed by atoms with Crippen LogP contribution in [0.3, 0.4) is 0 Å². The van der Waals surface area contributed by atoms with Crippen LogP contribution >= 0.6 is 0 Å². The molecule has 2 aliphatic rings. The molecule has 0 radical (unpaired) electrons. The first-order valence-electron chi connectivity index (χ1n) is 13.8. The molecule has 1 aliphatic heterocycles. The number of likely N-dealkylation sites (tertiary alicyclic amines) is 1.